The maximum atomic E-state index is 12.4. The average molecular weight is 279 g/mol. The fraction of sp³-hybridized carbons (Fsp3) is 0.533. The molecular weight excluding hydrogens is 260 g/mol. The van der Waals surface area contributed by atoms with Gasteiger partial charge < -0.3 is 10.2 Å². The summed E-state index contributed by atoms with van der Waals surface area (Å²) in [5, 5.41) is 4.12. The first-order valence-electron chi connectivity index (χ1n) is 6.93. The van der Waals surface area contributed by atoms with Gasteiger partial charge in [0.05, 0.1) is 0 Å². The van der Waals surface area contributed by atoms with E-state index in [2.05, 4.69) is 18.3 Å². The summed E-state index contributed by atoms with van der Waals surface area (Å²) in [5.74, 6) is 0.860. The maximum absolute atomic E-state index is 12.4. The zero-order valence-corrected chi connectivity index (χ0v) is 11.9. The molecule has 3 unspecified atom stereocenters. The minimum atomic E-state index is 0.170. The van der Waals surface area contributed by atoms with Crippen LogP contribution in [0.2, 0.25) is 5.02 Å². The molecule has 1 aromatic carbocycles. The van der Waals surface area contributed by atoms with Gasteiger partial charge in [0.15, 0.2) is 0 Å². The van der Waals surface area contributed by atoms with Crippen molar-refractivity contribution in [3.05, 3.63) is 34.9 Å². The van der Waals surface area contributed by atoms with Gasteiger partial charge in [-0.15, -0.1) is 0 Å². The summed E-state index contributed by atoms with van der Waals surface area (Å²) in [5.41, 5.74) is 1.20. The Kier molecular flexibility index (Phi) is 3.50. The van der Waals surface area contributed by atoms with Gasteiger partial charge in [0.25, 0.3) is 0 Å². The molecule has 1 heterocycles. The SMILES string of the molecule is CC1CN(C(=O)C2CC2c2cccc(Cl)c2)CCN1. The molecule has 3 nitrogen and oxygen atoms in total. The second-order valence-electron chi connectivity index (χ2n) is 5.64. The highest BCUT2D eigenvalue weighted by Gasteiger charge is 2.46. The van der Waals surface area contributed by atoms with E-state index < -0.39 is 0 Å². The molecule has 1 saturated heterocycles. The lowest BCUT2D eigenvalue weighted by atomic mass is 10.1. The highest BCUT2D eigenvalue weighted by Crippen LogP contribution is 2.48. The summed E-state index contributed by atoms with van der Waals surface area (Å²) in [6.07, 6.45) is 0.970. The third-order valence-electron chi connectivity index (χ3n) is 4.06. The number of carbonyl (C=O) groups excluding carboxylic acids is 1. The van der Waals surface area contributed by atoms with Crippen LogP contribution >= 0.6 is 11.6 Å². The number of carbonyl (C=O) groups is 1. The van der Waals surface area contributed by atoms with E-state index in [9.17, 15) is 4.79 Å². The molecule has 1 aliphatic heterocycles. The van der Waals surface area contributed by atoms with Gasteiger partial charge in [0.2, 0.25) is 5.91 Å². The minimum Gasteiger partial charge on any atom is -0.340 e. The molecule has 0 bridgehead atoms. The van der Waals surface area contributed by atoms with E-state index in [0.29, 0.717) is 17.9 Å². The van der Waals surface area contributed by atoms with Crippen molar-refractivity contribution in [1.82, 2.24) is 10.2 Å². The Bertz CT molecular complexity index is 491. The molecule has 1 N–H and O–H groups in total. The predicted molar refractivity (Wildman–Crippen MR) is 76.3 cm³/mol. The van der Waals surface area contributed by atoms with Crippen molar-refractivity contribution in [1.29, 1.82) is 0 Å². The fourth-order valence-corrected chi connectivity index (χ4v) is 3.14. The van der Waals surface area contributed by atoms with Crippen molar-refractivity contribution >= 4 is 17.5 Å². The molecule has 1 aromatic rings. The van der Waals surface area contributed by atoms with E-state index in [-0.39, 0.29) is 5.92 Å². The van der Waals surface area contributed by atoms with Gasteiger partial charge in [-0.3, -0.25) is 4.79 Å². The van der Waals surface area contributed by atoms with Crippen LogP contribution < -0.4 is 5.32 Å². The first-order chi connectivity index (χ1) is 9.15. The number of hydrogen-bond acceptors (Lipinski definition) is 2. The lowest BCUT2D eigenvalue weighted by molar-refractivity contribution is -0.133. The molecule has 3 atom stereocenters. The van der Waals surface area contributed by atoms with Crippen LogP contribution in [-0.4, -0.2) is 36.5 Å². The smallest absolute Gasteiger partial charge is 0.226 e. The highest BCUT2D eigenvalue weighted by molar-refractivity contribution is 6.30. The van der Waals surface area contributed by atoms with E-state index in [4.69, 9.17) is 11.6 Å². The summed E-state index contributed by atoms with van der Waals surface area (Å²) in [4.78, 5) is 14.5. The number of piperazine rings is 1. The highest BCUT2D eigenvalue weighted by atomic mass is 35.5. The predicted octanol–water partition coefficient (Wildman–Crippen LogP) is 2.26. The summed E-state index contributed by atoms with van der Waals surface area (Å²) in [6, 6.07) is 8.30. The van der Waals surface area contributed by atoms with Crippen LogP contribution in [0, 0.1) is 5.92 Å². The number of amides is 1. The van der Waals surface area contributed by atoms with Gasteiger partial charge in [-0.25, -0.2) is 0 Å². The molecule has 0 spiro atoms. The molecule has 3 rings (SSSR count). The van der Waals surface area contributed by atoms with Crippen LogP contribution in [0.4, 0.5) is 0 Å². The van der Waals surface area contributed by atoms with Crippen LogP contribution in [0.3, 0.4) is 0 Å². The Balaban J connectivity index is 1.64. The number of rotatable bonds is 2. The number of nitrogens with one attached hydrogen (secondary N) is 1. The largest absolute Gasteiger partial charge is 0.340 e. The molecule has 2 fully saturated rings. The van der Waals surface area contributed by atoms with Gasteiger partial charge in [0.1, 0.15) is 0 Å². The van der Waals surface area contributed by atoms with Gasteiger partial charge >= 0.3 is 0 Å². The van der Waals surface area contributed by atoms with E-state index in [0.717, 1.165) is 31.1 Å². The third-order valence-corrected chi connectivity index (χ3v) is 4.30. The molecule has 0 radical (unpaired) electrons. The Hall–Kier alpha value is -1.06. The van der Waals surface area contributed by atoms with Crippen molar-refractivity contribution in [2.24, 2.45) is 5.92 Å². The van der Waals surface area contributed by atoms with Crippen LogP contribution in [0.15, 0.2) is 24.3 Å². The Morgan fingerprint density at radius 1 is 1.47 bits per heavy atom. The Labute approximate surface area is 118 Å². The molecule has 2 aliphatic rings. The number of halogens is 1. The average Bonchev–Trinajstić information content (AvgIpc) is 3.18. The quantitative estimate of drug-likeness (QED) is 0.900. The molecule has 1 amide bonds. The fourth-order valence-electron chi connectivity index (χ4n) is 2.94. The van der Waals surface area contributed by atoms with E-state index >= 15 is 0 Å². The normalized spacial score (nSPS) is 30.2. The van der Waals surface area contributed by atoms with Crippen molar-refractivity contribution in [3.63, 3.8) is 0 Å². The van der Waals surface area contributed by atoms with Crippen LogP contribution in [0.25, 0.3) is 0 Å². The number of hydrogen-bond donors (Lipinski definition) is 1. The first-order valence-corrected chi connectivity index (χ1v) is 7.30. The second-order valence-corrected chi connectivity index (χ2v) is 6.08. The minimum absolute atomic E-state index is 0.170. The zero-order valence-electron chi connectivity index (χ0n) is 11.1. The topological polar surface area (TPSA) is 32.3 Å². The monoisotopic (exact) mass is 278 g/mol. The molecule has 1 aliphatic carbocycles. The van der Waals surface area contributed by atoms with Gasteiger partial charge in [-0.2, -0.15) is 0 Å². The molecular formula is C15H19ClN2O. The summed E-state index contributed by atoms with van der Waals surface area (Å²) in [7, 11) is 0. The summed E-state index contributed by atoms with van der Waals surface area (Å²) >= 11 is 6.01. The number of benzene rings is 1. The lowest BCUT2D eigenvalue weighted by Crippen LogP contribution is -2.51. The zero-order chi connectivity index (χ0) is 13.4. The molecule has 0 aromatic heterocycles. The van der Waals surface area contributed by atoms with E-state index in [1.807, 2.05) is 23.1 Å². The third kappa shape index (κ3) is 2.77. The molecule has 1 saturated carbocycles. The van der Waals surface area contributed by atoms with Crippen LogP contribution in [0.5, 0.6) is 0 Å². The number of nitrogens with zero attached hydrogens (tertiary/aromatic N) is 1. The van der Waals surface area contributed by atoms with Crippen molar-refractivity contribution in [2.45, 2.75) is 25.3 Å². The summed E-state index contributed by atoms with van der Waals surface area (Å²) < 4.78 is 0. The van der Waals surface area contributed by atoms with Crippen molar-refractivity contribution in [2.75, 3.05) is 19.6 Å². The Morgan fingerprint density at radius 3 is 3.05 bits per heavy atom. The van der Waals surface area contributed by atoms with Crippen LogP contribution in [0.1, 0.15) is 24.8 Å². The van der Waals surface area contributed by atoms with E-state index in [1.165, 1.54) is 5.56 Å². The molecule has 102 valence electrons. The maximum Gasteiger partial charge on any atom is 0.226 e. The molecule has 19 heavy (non-hydrogen) atoms. The van der Waals surface area contributed by atoms with Crippen molar-refractivity contribution in [3.8, 4) is 0 Å². The van der Waals surface area contributed by atoms with Gasteiger partial charge in [-0.05, 0) is 37.0 Å². The van der Waals surface area contributed by atoms with E-state index in [1.54, 1.807) is 0 Å². The van der Waals surface area contributed by atoms with Crippen molar-refractivity contribution < 1.29 is 4.79 Å². The van der Waals surface area contributed by atoms with Gasteiger partial charge in [0, 0.05) is 36.6 Å². The summed E-state index contributed by atoms with van der Waals surface area (Å²) in [6.45, 7) is 4.70. The Morgan fingerprint density at radius 2 is 2.32 bits per heavy atom. The van der Waals surface area contributed by atoms with Crippen LogP contribution in [-0.2, 0) is 4.79 Å². The molecule has 4 heteroatoms. The first kappa shape index (κ1) is 12.9. The lowest BCUT2D eigenvalue weighted by Gasteiger charge is -2.32. The standard InChI is InChI=1S/C15H19ClN2O/c1-10-9-18(6-5-17-10)15(19)14-8-13(14)11-3-2-4-12(16)7-11/h2-4,7,10,13-14,17H,5-6,8-9H2,1H3. The van der Waals surface area contributed by atoms with Gasteiger partial charge in [-0.1, -0.05) is 23.7 Å². The second kappa shape index (κ2) is 5.14.